The van der Waals surface area contributed by atoms with E-state index in [1.54, 1.807) is 10.5 Å². The maximum Gasteiger partial charge on any atom is 0.424 e. The molecule has 1 aromatic rings. The van der Waals surface area contributed by atoms with Crippen LogP contribution in [0.3, 0.4) is 0 Å². The van der Waals surface area contributed by atoms with Crippen molar-refractivity contribution in [3.8, 4) is 0 Å². The molecule has 0 fully saturated rings. The van der Waals surface area contributed by atoms with Crippen molar-refractivity contribution >= 4 is 18.0 Å². The van der Waals surface area contributed by atoms with Gasteiger partial charge >= 0.3 is 6.09 Å². The van der Waals surface area contributed by atoms with Crippen LogP contribution in [0.4, 0.5) is 4.79 Å². The van der Waals surface area contributed by atoms with Gasteiger partial charge in [-0.05, 0) is 35.9 Å². The molecule has 132 valence electrons. The Hall–Kier alpha value is -1.64. The SMILES string of the molecule is CCCCCCSN(C=C=CC(C)C)C(=O)OCc1ccccc1. The zero-order valence-corrected chi connectivity index (χ0v) is 15.8. The average Bonchev–Trinajstić information content (AvgIpc) is 2.58. The summed E-state index contributed by atoms with van der Waals surface area (Å²) in [7, 11) is 0. The number of hydrogen-bond donors (Lipinski definition) is 0. The summed E-state index contributed by atoms with van der Waals surface area (Å²) in [6.07, 6.45) is 8.02. The Labute approximate surface area is 150 Å². The third-order valence-electron chi connectivity index (χ3n) is 3.23. The smallest absolute Gasteiger partial charge is 0.424 e. The third-order valence-corrected chi connectivity index (χ3v) is 4.24. The summed E-state index contributed by atoms with van der Waals surface area (Å²) in [5.74, 6) is 1.30. The van der Waals surface area contributed by atoms with Gasteiger partial charge in [0.05, 0.1) is 6.20 Å². The maximum atomic E-state index is 12.3. The molecule has 0 heterocycles. The minimum Gasteiger partial charge on any atom is -0.444 e. The molecule has 0 aliphatic carbocycles. The zero-order chi connectivity index (χ0) is 17.6. The summed E-state index contributed by atoms with van der Waals surface area (Å²) in [4.78, 5) is 12.3. The molecule has 1 amide bonds. The van der Waals surface area contributed by atoms with E-state index in [9.17, 15) is 4.79 Å². The second-order valence-corrected chi connectivity index (χ2v) is 7.03. The van der Waals surface area contributed by atoms with Crippen molar-refractivity contribution in [1.82, 2.24) is 4.31 Å². The first kappa shape index (κ1) is 20.4. The van der Waals surface area contributed by atoms with Crippen molar-refractivity contribution in [1.29, 1.82) is 0 Å². The molecular weight excluding hydrogens is 318 g/mol. The summed E-state index contributed by atoms with van der Waals surface area (Å²) >= 11 is 1.49. The van der Waals surface area contributed by atoms with Gasteiger partial charge in [-0.2, -0.15) is 0 Å². The van der Waals surface area contributed by atoms with Crippen molar-refractivity contribution in [2.24, 2.45) is 5.92 Å². The van der Waals surface area contributed by atoms with E-state index in [1.807, 2.05) is 36.4 Å². The quantitative estimate of drug-likeness (QED) is 0.287. The second kappa shape index (κ2) is 12.7. The number of hydrogen-bond acceptors (Lipinski definition) is 3. The standard InChI is InChI=1S/C20H29NO2S/c1-4-5-6-10-16-24-21(15-11-12-18(2)3)20(22)23-17-19-13-8-7-9-14-19/h7-9,12-15,18H,4-6,10,16-17H2,1-3H3. The second-order valence-electron chi connectivity index (χ2n) is 5.97. The number of allylic oxidation sites excluding steroid dienone is 1. The number of carbonyl (C=O) groups excluding carboxylic acids is 1. The lowest BCUT2D eigenvalue weighted by Gasteiger charge is -2.16. The Morgan fingerprint density at radius 3 is 2.67 bits per heavy atom. The minimum atomic E-state index is -0.344. The monoisotopic (exact) mass is 347 g/mol. The van der Waals surface area contributed by atoms with Crippen LogP contribution in [-0.2, 0) is 11.3 Å². The van der Waals surface area contributed by atoms with E-state index in [0.29, 0.717) is 5.92 Å². The summed E-state index contributed by atoms with van der Waals surface area (Å²) in [6, 6.07) is 9.72. The van der Waals surface area contributed by atoms with E-state index < -0.39 is 0 Å². The molecule has 24 heavy (non-hydrogen) atoms. The molecule has 0 radical (unpaired) electrons. The highest BCUT2D eigenvalue weighted by molar-refractivity contribution is 7.97. The fourth-order valence-corrected chi connectivity index (χ4v) is 2.74. The van der Waals surface area contributed by atoms with Gasteiger partial charge in [0.1, 0.15) is 6.61 Å². The van der Waals surface area contributed by atoms with Gasteiger partial charge in [-0.3, -0.25) is 0 Å². The largest absolute Gasteiger partial charge is 0.444 e. The Kier molecular flexibility index (Phi) is 10.8. The summed E-state index contributed by atoms with van der Waals surface area (Å²) in [6.45, 7) is 6.64. The maximum absolute atomic E-state index is 12.3. The Balaban J connectivity index is 2.54. The first-order chi connectivity index (χ1) is 11.6. The van der Waals surface area contributed by atoms with Gasteiger partial charge in [0.2, 0.25) is 0 Å². The summed E-state index contributed by atoms with van der Waals surface area (Å²) < 4.78 is 6.96. The van der Waals surface area contributed by atoms with Crippen LogP contribution >= 0.6 is 11.9 Å². The van der Waals surface area contributed by atoms with E-state index in [0.717, 1.165) is 17.7 Å². The Morgan fingerprint density at radius 1 is 1.25 bits per heavy atom. The molecule has 0 bridgehead atoms. The van der Waals surface area contributed by atoms with Crippen LogP contribution in [0, 0.1) is 5.92 Å². The minimum absolute atomic E-state index is 0.286. The fraction of sp³-hybridized carbons (Fsp3) is 0.500. The van der Waals surface area contributed by atoms with E-state index >= 15 is 0 Å². The van der Waals surface area contributed by atoms with Crippen LogP contribution in [0.15, 0.2) is 48.3 Å². The molecule has 0 unspecified atom stereocenters. The Bertz CT molecular complexity index is 522. The van der Waals surface area contributed by atoms with Crippen molar-refractivity contribution in [3.05, 3.63) is 53.9 Å². The van der Waals surface area contributed by atoms with Gasteiger partial charge in [-0.1, -0.05) is 70.4 Å². The number of ether oxygens (including phenoxy) is 1. The van der Waals surface area contributed by atoms with Gasteiger partial charge in [-0.25, -0.2) is 9.10 Å². The lowest BCUT2D eigenvalue weighted by Crippen LogP contribution is -2.20. The molecule has 0 aliphatic heterocycles. The molecule has 1 aromatic carbocycles. The molecule has 0 N–H and O–H groups in total. The van der Waals surface area contributed by atoms with E-state index in [4.69, 9.17) is 4.74 Å². The van der Waals surface area contributed by atoms with Crippen molar-refractivity contribution in [2.75, 3.05) is 5.75 Å². The van der Waals surface area contributed by atoms with E-state index in [2.05, 4.69) is 26.5 Å². The van der Waals surface area contributed by atoms with E-state index in [-0.39, 0.29) is 12.7 Å². The Morgan fingerprint density at radius 2 is 2.00 bits per heavy atom. The molecule has 3 nitrogen and oxygen atoms in total. The molecule has 0 aromatic heterocycles. The number of benzene rings is 1. The average molecular weight is 348 g/mol. The summed E-state index contributed by atoms with van der Waals surface area (Å²) in [5.41, 5.74) is 4.06. The molecule has 0 atom stereocenters. The zero-order valence-electron chi connectivity index (χ0n) is 15.0. The first-order valence-electron chi connectivity index (χ1n) is 8.69. The van der Waals surface area contributed by atoms with Crippen LogP contribution < -0.4 is 0 Å². The van der Waals surface area contributed by atoms with E-state index in [1.165, 1.54) is 31.2 Å². The highest BCUT2D eigenvalue weighted by atomic mass is 32.2. The number of carbonyl (C=O) groups is 1. The van der Waals surface area contributed by atoms with Crippen LogP contribution in [-0.4, -0.2) is 16.2 Å². The molecule has 0 saturated carbocycles. The van der Waals surface area contributed by atoms with Crippen LogP contribution in [0.1, 0.15) is 52.0 Å². The van der Waals surface area contributed by atoms with Gasteiger partial charge in [0.25, 0.3) is 0 Å². The number of unbranched alkanes of at least 4 members (excludes halogenated alkanes) is 3. The van der Waals surface area contributed by atoms with Crippen molar-refractivity contribution in [3.63, 3.8) is 0 Å². The lowest BCUT2D eigenvalue weighted by molar-refractivity contribution is 0.129. The lowest BCUT2D eigenvalue weighted by atomic mass is 10.2. The van der Waals surface area contributed by atoms with Crippen molar-refractivity contribution in [2.45, 2.75) is 53.1 Å². The van der Waals surface area contributed by atoms with Crippen LogP contribution in [0.5, 0.6) is 0 Å². The number of nitrogens with zero attached hydrogens (tertiary/aromatic N) is 1. The van der Waals surface area contributed by atoms with Gasteiger partial charge in [0, 0.05) is 5.75 Å². The predicted octanol–water partition coefficient (Wildman–Crippen LogP) is 6.18. The molecule has 0 aliphatic rings. The molecular formula is C20H29NO2S. The molecule has 1 rings (SSSR count). The normalized spacial score (nSPS) is 10.2. The molecule has 0 spiro atoms. The predicted molar refractivity (Wildman–Crippen MR) is 103 cm³/mol. The van der Waals surface area contributed by atoms with Crippen LogP contribution in [0.2, 0.25) is 0 Å². The van der Waals surface area contributed by atoms with Gasteiger partial charge < -0.3 is 4.74 Å². The highest BCUT2D eigenvalue weighted by Gasteiger charge is 2.13. The van der Waals surface area contributed by atoms with Crippen molar-refractivity contribution < 1.29 is 9.53 Å². The summed E-state index contributed by atoms with van der Waals surface area (Å²) in [5, 5.41) is 0. The molecule has 0 saturated heterocycles. The fourth-order valence-electron chi connectivity index (χ4n) is 1.92. The first-order valence-corrected chi connectivity index (χ1v) is 9.63. The highest BCUT2D eigenvalue weighted by Crippen LogP contribution is 2.16. The third kappa shape index (κ3) is 9.49. The van der Waals surface area contributed by atoms with Crippen LogP contribution in [0.25, 0.3) is 0 Å². The number of amides is 1. The van der Waals surface area contributed by atoms with Gasteiger partial charge in [0.15, 0.2) is 0 Å². The topological polar surface area (TPSA) is 29.5 Å². The molecule has 4 heteroatoms. The number of rotatable bonds is 10. The van der Waals surface area contributed by atoms with Gasteiger partial charge in [-0.15, -0.1) is 5.73 Å².